The average Bonchev–Trinajstić information content (AvgIpc) is 3.53. The van der Waals surface area contributed by atoms with Gasteiger partial charge in [0.1, 0.15) is 0 Å². The van der Waals surface area contributed by atoms with E-state index < -0.39 is 11.7 Å². The van der Waals surface area contributed by atoms with E-state index in [2.05, 4.69) is 91.8 Å². The van der Waals surface area contributed by atoms with E-state index in [1.165, 1.54) is 50.6 Å². The van der Waals surface area contributed by atoms with Gasteiger partial charge in [-0.1, -0.05) is 71.6 Å². The van der Waals surface area contributed by atoms with Crippen molar-refractivity contribution in [2.75, 3.05) is 0 Å². The standard InChI is InChI=1S/C23H29.C8H5F3.C5H5.2ClH.Zr/c1-14-9-16-11-17-10-15(2)21(23(6,7)8)13-19(17)18(16)12-20(14)22(3,4)5;1-6-3-2-4-7(5-6)8(9,10)11;1-2-4-5-3-1;;;/h9,12-13H,11H2,1-8H3;1-5H;1-3H,4H2;2*1H;/q-1;;-1;;;+2/p-2. The fourth-order valence-electron chi connectivity index (χ4n) is 5.17. The number of fused-ring (bicyclic) bond motifs is 3. The molecular formula is C36H39Cl2F3Zr-2. The molecule has 0 spiro atoms. The Bertz CT molecular complexity index is 1360. The second kappa shape index (κ2) is 15.3. The number of allylic oxidation sites excluding steroid dienone is 4. The Hall–Kier alpha value is -1.74. The summed E-state index contributed by atoms with van der Waals surface area (Å²) in [5.41, 5.74) is 11.7. The maximum Gasteiger partial charge on any atom is -0.109 e. The van der Waals surface area contributed by atoms with Gasteiger partial charge in [0.05, 0.1) is 0 Å². The van der Waals surface area contributed by atoms with Crippen LogP contribution in [0.5, 0.6) is 0 Å². The van der Waals surface area contributed by atoms with Crippen LogP contribution < -0.4 is 24.8 Å². The van der Waals surface area contributed by atoms with E-state index >= 15 is 0 Å². The Labute approximate surface area is 278 Å². The molecule has 3 aromatic carbocycles. The van der Waals surface area contributed by atoms with Crippen LogP contribution in [0.1, 0.15) is 92.5 Å². The Balaban J connectivity index is 0.000000389. The minimum Gasteiger partial charge on any atom is -1.00 e. The largest absolute Gasteiger partial charge is 1.00 e. The third kappa shape index (κ3) is 9.90. The van der Waals surface area contributed by atoms with Crippen LogP contribution in [-0.4, -0.2) is 3.71 Å². The van der Waals surface area contributed by atoms with E-state index in [9.17, 15) is 13.2 Å². The number of hydrogen-bond acceptors (Lipinski definition) is 0. The first-order chi connectivity index (χ1) is 18.5. The predicted octanol–water partition coefficient (Wildman–Crippen LogP) is 3.99. The number of hydrogen-bond donors (Lipinski definition) is 0. The van der Waals surface area contributed by atoms with E-state index in [0.717, 1.165) is 49.2 Å². The van der Waals surface area contributed by atoms with Gasteiger partial charge in [-0.3, -0.25) is 6.08 Å². The number of aryl methyl sites for hydroxylation is 2. The molecule has 0 heterocycles. The van der Waals surface area contributed by atoms with E-state index in [1.807, 2.05) is 12.2 Å². The maximum atomic E-state index is 12.1. The van der Waals surface area contributed by atoms with Gasteiger partial charge in [-0.05, 0) is 35.4 Å². The summed E-state index contributed by atoms with van der Waals surface area (Å²) >= 11 is 1.10. The van der Waals surface area contributed by atoms with Crippen LogP contribution in [-0.2, 0) is 47.7 Å². The van der Waals surface area contributed by atoms with Crippen LogP contribution in [0.3, 0.4) is 0 Å². The monoisotopic (exact) mass is 688 g/mol. The molecule has 0 aliphatic heterocycles. The number of benzene rings is 3. The SMILES string of the molecule is Cc1[c-]c2c(cc1C(C)(C)C)-c1cc(C(C)(C)C)c(C)cc1C2.FC(F)(F)c1cccc([CH]=[Zr+2])c1.[C-]1=CC=CC1.[Cl-].[Cl-]. The van der Waals surface area contributed by atoms with Crippen molar-refractivity contribution < 1.29 is 62.2 Å². The van der Waals surface area contributed by atoms with Gasteiger partial charge in [0.25, 0.3) is 0 Å². The minimum atomic E-state index is -4.23. The number of alkyl halides is 3. The van der Waals surface area contributed by atoms with E-state index in [0.29, 0.717) is 5.56 Å². The summed E-state index contributed by atoms with van der Waals surface area (Å²) in [6.07, 6.45) is 6.80. The van der Waals surface area contributed by atoms with Gasteiger partial charge in [0.15, 0.2) is 0 Å². The van der Waals surface area contributed by atoms with E-state index in [-0.39, 0.29) is 35.6 Å². The summed E-state index contributed by atoms with van der Waals surface area (Å²) in [5, 5.41) is 0. The summed E-state index contributed by atoms with van der Waals surface area (Å²) in [4.78, 5) is 0. The van der Waals surface area contributed by atoms with Gasteiger partial charge in [-0.2, -0.15) is 23.8 Å². The van der Waals surface area contributed by atoms with Crippen molar-refractivity contribution in [2.24, 2.45) is 0 Å². The summed E-state index contributed by atoms with van der Waals surface area (Å²) in [6.45, 7) is 18.2. The zero-order valence-electron chi connectivity index (χ0n) is 25.7. The molecule has 0 saturated carbocycles. The molecule has 224 valence electrons. The van der Waals surface area contributed by atoms with Gasteiger partial charge in [0, 0.05) is 0 Å². The van der Waals surface area contributed by atoms with Crippen molar-refractivity contribution in [2.45, 2.75) is 85.2 Å². The summed E-state index contributed by atoms with van der Waals surface area (Å²) in [6, 6.07) is 16.2. The molecule has 0 radical (unpaired) electrons. The van der Waals surface area contributed by atoms with Gasteiger partial charge in [0.2, 0.25) is 0 Å². The van der Waals surface area contributed by atoms with Gasteiger partial charge in [-0.15, -0.1) is 23.1 Å². The van der Waals surface area contributed by atoms with Crippen molar-refractivity contribution >= 4 is 3.71 Å². The van der Waals surface area contributed by atoms with Crippen LogP contribution in [0.4, 0.5) is 13.2 Å². The molecule has 0 bridgehead atoms. The molecular weight excluding hydrogens is 652 g/mol. The number of rotatable bonds is 1. The smallest absolute Gasteiger partial charge is 0.109 e. The summed E-state index contributed by atoms with van der Waals surface area (Å²) in [7, 11) is 0. The molecule has 0 saturated heterocycles. The van der Waals surface area contributed by atoms with Gasteiger partial charge >= 0.3 is 82.7 Å². The fraction of sp³-hybridized carbons (Fsp3) is 0.361. The summed E-state index contributed by atoms with van der Waals surface area (Å²) < 4.78 is 38.0. The third-order valence-electron chi connectivity index (χ3n) is 7.05. The first-order valence-electron chi connectivity index (χ1n) is 13.6. The number of halogens is 5. The van der Waals surface area contributed by atoms with Gasteiger partial charge < -0.3 is 24.8 Å². The molecule has 0 fully saturated rings. The quantitative estimate of drug-likeness (QED) is 0.266. The Morgan fingerprint density at radius 2 is 1.45 bits per heavy atom. The summed E-state index contributed by atoms with van der Waals surface area (Å²) in [5.74, 6) is 0. The molecule has 2 aliphatic rings. The van der Waals surface area contributed by atoms with E-state index in [1.54, 1.807) is 9.78 Å². The van der Waals surface area contributed by atoms with Crippen LogP contribution in [0.15, 0.2) is 60.7 Å². The van der Waals surface area contributed by atoms with Crippen molar-refractivity contribution in [3.63, 3.8) is 0 Å². The second-order valence-electron chi connectivity index (χ2n) is 12.5. The zero-order valence-corrected chi connectivity index (χ0v) is 29.6. The topological polar surface area (TPSA) is 0 Å². The minimum absolute atomic E-state index is 0. The first kappa shape index (κ1) is 38.3. The molecule has 0 unspecified atom stereocenters. The average molecular weight is 691 g/mol. The Morgan fingerprint density at radius 1 is 0.833 bits per heavy atom. The van der Waals surface area contributed by atoms with Crippen LogP contribution in [0.25, 0.3) is 11.1 Å². The van der Waals surface area contributed by atoms with Crippen LogP contribution in [0.2, 0.25) is 0 Å². The Kier molecular flexibility index (Phi) is 14.0. The van der Waals surface area contributed by atoms with Crippen molar-refractivity contribution in [1.82, 2.24) is 0 Å². The normalized spacial score (nSPS) is 13.0. The maximum absolute atomic E-state index is 12.1. The van der Waals surface area contributed by atoms with Crippen LogP contribution in [0, 0.1) is 26.0 Å². The molecule has 2 aliphatic carbocycles. The second-order valence-corrected chi connectivity index (χ2v) is 13.2. The fourth-order valence-corrected chi connectivity index (χ4v) is 5.61. The van der Waals surface area contributed by atoms with E-state index in [4.69, 9.17) is 0 Å². The molecule has 0 nitrogen and oxygen atoms in total. The molecule has 6 heteroatoms. The molecule has 42 heavy (non-hydrogen) atoms. The van der Waals surface area contributed by atoms with Crippen molar-refractivity contribution in [1.29, 1.82) is 0 Å². The van der Waals surface area contributed by atoms with Gasteiger partial charge in [-0.25, -0.2) is 12.2 Å². The first-order valence-corrected chi connectivity index (χ1v) is 15.0. The predicted molar refractivity (Wildman–Crippen MR) is 159 cm³/mol. The van der Waals surface area contributed by atoms with Crippen molar-refractivity contribution in [3.8, 4) is 11.1 Å². The Morgan fingerprint density at radius 3 is 1.93 bits per heavy atom. The molecule has 0 atom stereocenters. The molecule has 0 aromatic heterocycles. The molecule has 3 aromatic rings. The molecule has 0 N–H and O–H groups in total. The zero-order chi connectivity index (χ0) is 29.9. The van der Waals surface area contributed by atoms with Crippen molar-refractivity contribution in [3.05, 3.63) is 117 Å². The third-order valence-corrected chi connectivity index (χ3v) is 7.87. The van der Waals surface area contributed by atoms with Crippen LogP contribution >= 0.6 is 0 Å². The molecule has 5 rings (SSSR count). The molecule has 0 amide bonds.